The Morgan fingerprint density at radius 3 is 2.56 bits per heavy atom. The number of rotatable bonds is 7. The lowest BCUT2D eigenvalue weighted by Gasteiger charge is -2.32. The lowest BCUT2D eigenvalue weighted by molar-refractivity contribution is 0.0415. The van der Waals surface area contributed by atoms with Gasteiger partial charge in [0.1, 0.15) is 18.0 Å². The molecule has 1 saturated carbocycles. The molecule has 1 N–H and O–H groups in total. The molecule has 8 heteroatoms. The molecule has 0 radical (unpaired) electrons. The van der Waals surface area contributed by atoms with Crippen molar-refractivity contribution in [3.05, 3.63) is 29.6 Å². The average molecular weight is 374 g/mol. The van der Waals surface area contributed by atoms with Crippen LogP contribution < -0.4 is 4.74 Å². The van der Waals surface area contributed by atoms with Crippen molar-refractivity contribution in [2.75, 3.05) is 12.4 Å². The molecule has 1 aliphatic rings. The maximum atomic E-state index is 14.1. The molecule has 1 aromatic rings. The summed E-state index contributed by atoms with van der Waals surface area (Å²) < 4.78 is 54.6. The third-order valence-electron chi connectivity index (χ3n) is 4.45. The summed E-state index contributed by atoms with van der Waals surface area (Å²) >= 11 is 0. The molecule has 0 amide bonds. The SMILES string of the molecule is CC(C)(Oc1cc(C(=O)OCCS(=O)(=O)O)ccc1F)C1CCCC1. The minimum absolute atomic E-state index is 0.0406. The summed E-state index contributed by atoms with van der Waals surface area (Å²) in [6.45, 7) is 3.32. The van der Waals surface area contributed by atoms with Crippen molar-refractivity contribution in [1.29, 1.82) is 0 Å². The molecule has 6 nitrogen and oxygen atoms in total. The van der Waals surface area contributed by atoms with E-state index in [1.54, 1.807) is 0 Å². The molecule has 0 heterocycles. The van der Waals surface area contributed by atoms with Crippen molar-refractivity contribution in [2.24, 2.45) is 5.92 Å². The van der Waals surface area contributed by atoms with Gasteiger partial charge in [0.05, 0.1) is 5.56 Å². The van der Waals surface area contributed by atoms with Crippen molar-refractivity contribution in [3.63, 3.8) is 0 Å². The van der Waals surface area contributed by atoms with Crippen molar-refractivity contribution in [1.82, 2.24) is 0 Å². The Kier molecular flexibility index (Phi) is 6.05. The summed E-state index contributed by atoms with van der Waals surface area (Å²) in [5.74, 6) is -1.82. The van der Waals surface area contributed by atoms with Crippen LogP contribution in [0.4, 0.5) is 4.39 Å². The van der Waals surface area contributed by atoms with Crippen LogP contribution in [0.2, 0.25) is 0 Å². The van der Waals surface area contributed by atoms with Gasteiger partial charge in [-0.05, 0) is 50.8 Å². The zero-order chi connectivity index (χ0) is 18.7. The van der Waals surface area contributed by atoms with E-state index < -0.39 is 39.9 Å². The van der Waals surface area contributed by atoms with Gasteiger partial charge in [0, 0.05) is 0 Å². The first-order valence-corrected chi connectivity index (χ1v) is 9.80. The second-order valence-corrected chi connectivity index (χ2v) is 8.33. The number of benzene rings is 1. The number of halogens is 1. The fraction of sp³-hybridized carbons (Fsp3) is 0.588. The first-order valence-electron chi connectivity index (χ1n) is 8.19. The van der Waals surface area contributed by atoms with E-state index in [0.717, 1.165) is 31.7 Å². The number of ether oxygens (including phenoxy) is 2. The Bertz CT molecular complexity index is 723. The van der Waals surface area contributed by atoms with Gasteiger partial charge in [-0.1, -0.05) is 12.8 Å². The molecule has 1 aliphatic carbocycles. The van der Waals surface area contributed by atoms with Crippen LogP contribution in [0.15, 0.2) is 18.2 Å². The van der Waals surface area contributed by atoms with Gasteiger partial charge < -0.3 is 9.47 Å². The zero-order valence-electron chi connectivity index (χ0n) is 14.3. The van der Waals surface area contributed by atoms with Crippen LogP contribution in [0, 0.1) is 11.7 Å². The molecular formula is C17H23FO6S. The first kappa shape index (κ1) is 19.7. The maximum absolute atomic E-state index is 14.1. The quantitative estimate of drug-likeness (QED) is 0.582. The van der Waals surface area contributed by atoms with Crippen LogP contribution in [0.5, 0.6) is 5.75 Å². The lowest BCUT2D eigenvalue weighted by atomic mass is 9.89. The molecular weight excluding hydrogens is 351 g/mol. The van der Waals surface area contributed by atoms with Crippen molar-refractivity contribution >= 4 is 16.1 Å². The predicted octanol–water partition coefficient (Wildman–Crippen LogP) is 3.22. The van der Waals surface area contributed by atoms with Gasteiger partial charge in [0.25, 0.3) is 10.1 Å². The normalized spacial score (nSPS) is 16.0. The van der Waals surface area contributed by atoms with Crippen LogP contribution in [-0.4, -0.2) is 36.9 Å². The molecule has 2 rings (SSSR count). The molecule has 0 aromatic heterocycles. The van der Waals surface area contributed by atoms with E-state index in [2.05, 4.69) is 0 Å². The fourth-order valence-corrected chi connectivity index (χ4v) is 3.31. The molecule has 0 bridgehead atoms. The summed E-state index contributed by atoms with van der Waals surface area (Å²) in [6, 6.07) is 3.60. The summed E-state index contributed by atoms with van der Waals surface area (Å²) in [7, 11) is -4.21. The minimum atomic E-state index is -4.21. The maximum Gasteiger partial charge on any atom is 0.338 e. The van der Waals surface area contributed by atoms with Crippen LogP contribution in [0.25, 0.3) is 0 Å². The Balaban J connectivity index is 2.07. The van der Waals surface area contributed by atoms with E-state index in [1.807, 2.05) is 13.8 Å². The monoisotopic (exact) mass is 374 g/mol. The topological polar surface area (TPSA) is 89.9 Å². The number of hydrogen-bond donors (Lipinski definition) is 1. The highest BCUT2D eigenvalue weighted by molar-refractivity contribution is 7.85. The van der Waals surface area contributed by atoms with Crippen LogP contribution in [-0.2, 0) is 14.9 Å². The smallest absolute Gasteiger partial charge is 0.338 e. The van der Waals surface area contributed by atoms with Crippen molar-refractivity contribution < 1.29 is 31.6 Å². The van der Waals surface area contributed by atoms with Gasteiger partial charge in [-0.15, -0.1) is 0 Å². The highest BCUT2D eigenvalue weighted by atomic mass is 32.2. The van der Waals surface area contributed by atoms with E-state index >= 15 is 0 Å². The molecule has 0 unspecified atom stereocenters. The van der Waals surface area contributed by atoms with E-state index in [1.165, 1.54) is 12.1 Å². The van der Waals surface area contributed by atoms with Gasteiger partial charge in [0.2, 0.25) is 0 Å². The number of hydrogen-bond acceptors (Lipinski definition) is 5. The zero-order valence-corrected chi connectivity index (χ0v) is 15.1. The highest BCUT2D eigenvalue weighted by Crippen LogP contribution is 2.37. The van der Waals surface area contributed by atoms with E-state index in [0.29, 0.717) is 5.92 Å². The molecule has 1 fully saturated rings. The first-order chi connectivity index (χ1) is 11.6. The summed E-state index contributed by atoms with van der Waals surface area (Å²) in [4.78, 5) is 11.9. The van der Waals surface area contributed by atoms with E-state index in [-0.39, 0.29) is 11.3 Å². The Labute approximate surface area is 147 Å². The fourth-order valence-electron chi connectivity index (χ4n) is 3.02. The van der Waals surface area contributed by atoms with Gasteiger partial charge in [-0.3, -0.25) is 4.55 Å². The Morgan fingerprint density at radius 1 is 1.32 bits per heavy atom. The molecule has 0 saturated heterocycles. The molecule has 140 valence electrons. The Hall–Kier alpha value is -1.67. The average Bonchev–Trinajstić information content (AvgIpc) is 3.03. The highest BCUT2D eigenvalue weighted by Gasteiger charge is 2.34. The second kappa shape index (κ2) is 7.70. The summed E-state index contributed by atoms with van der Waals surface area (Å²) in [6.07, 6.45) is 4.29. The minimum Gasteiger partial charge on any atom is -0.484 e. The lowest BCUT2D eigenvalue weighted by Crippen LogP contribution is -2.36. The van der Waals surface area contributed by atoms with Crippen molar-refractivity contribution in [3.8, 4) is 5.75 Å². The molecule has 0 spiro atoms. The largest absolute Gasteiger partial charge is 0.484 e. The van der Waals surface area contributed by atoms with E-state index in [4.69, 9.17) is 14.0 Å². The summed E-state index contributed by atoms with van der Waals surface area (Å²) in [5, 5.41) is 0. The number of carbonyl (C=O) groups is 1. The van der Waals surface area contributed by atoms with E-state index in [9.17, 15) is 17.6 Å². The molecule has 0 aliphatic heterocycles. The number of esters is 1. The standard InChI is InChI=1S/C17H23FO6S/c1-17(2,13-5-3-4-6-13)24-15-11-12(7-8-14(15)18)16(19)23-9-10-25(20,21)22/h7-8,11,13H,3-6,9-10H2,1-2H3,(H,20,21,22). The van der Waals surface area contributed by atoms with Crippen LogP contribution >= 0.6 is 0 Å². The van der Waals surface area contributed by atoms with Crippen molar-refractivity contribution in [2.45, 2.75) is 45.1 Å². The van der Waals surface area contributed by atoms with Gasteiger partial charge in [0.15, 0.2) is 11.6 Å². The third kappa shape index (κ3) is 5.67. The number of carbonyl (C=O) groups excluding carboxylic acids is 1. The second-order valence-electron chi connectivity index (χ2n) is 6.75. The third-order valence-corrected chi connectivity index (χ3v) is 5.14. The Morgan fingerprint density at radius 2 is 1.96 bits per heavy atom. The van der Waals surface area contributed by atoms with Crippen LogP contribution in [0.1, 0.15) is 49.9 Å². The summed E-state index contributed by atoms with van der Waals surface area (Å²) in [5.41, 5.74) is -0.515. The molecule has 25 heavy (non-hydrogen) atoms. The van der Waals surface area contributed by atoms with Gasteiger partial charge in [-0.2, -0.15) is 8.42 Å². The molecule has 0 atom stereocenters. The molecule has 1 aromatic carbocycles. The van der Waals surface area contributed by atoms with Gasteiger partial charge in [-0.25, -0.2) is 9.18 Å². The predicted molar refractivity (Wildman–Crippen MR) is 89.8 cm³/mol. The van der Waals surface area contributed by atoms with Gasteiger partial charge >= 0.3 is 5.97 Å². The van der Waals surface area contributed by atoms with Crippen LogP contribution in [0.3, 0.4) is 0 Å².